The number of para-hydroxylation sites is 1. The monoisotopic (exact) mass is 432 g/mol. The number of aliphatic imine (C=N–C) groups is 1. The molecule has 2 aliphatic heterocycles. The summed E-state index contributed by atoms with van der Waals surface area (Å²) in [5.41, 5.74) is 2.05. The van der Waals surface area contributed by atoms with Gasteiger partial charge in [-0.3, -0.25) is 4.79 Å². The summed E-state index contributed by atoms with van der Waals surface area (Å²) in [6.07, 6.45) is 0. The predicted molar refractivity (Wildman–Crippen MR) is 118 cm³/mol. The van der Waals surface area contributed by atoms with Crippen LogP contribution in [0.1, 0.15) is 5.56 Å². The van der Waals surface area contributed by atoms with Crippen molar-refractivity contribution in [3.05, 3.63) is 66.2 Å². The molecule has 2 aliphatic rings. The second-order valence-corrected chi connectivity index (χ2v) is 11.1. The molecule has 0 N–H and O–H groups in total. The van der Waals surface area contributed by atoms with Gasteiger partial charge < -0.3 is 4.90 Å². The molecule has 2 heterocycles. The number of hydrogen-bond acceptors (Lipinski definition) is 5. The average molecular weight is 433 g/mol. The molecule has 2 aromatic carbocycles. The van der Waals surface area contributed by atoms with Crippen LogP contribution in [0.3, 0.4) is 0 Å². The van der Waals surface area contributed by atoms with E-state index in [1.54, 1.807) is 0 Å². The molecular weight excluding hydrogens is 412 g/mol. The van der Waals surface area contributed by atoms with E-state index in [1.165, 1.54) is 29.1 Å². The number of thioether (sulfide) groups is 2. The highest BCUT2D eigenvalue weighted by Gasteiger charge is 2.49. The van der Waals surface area contributed by atoms with Gasteiger partial charge in [-0.1, -0.05) is 60.3 Å². The van der Waals surface area contributed by atoms with Crippen molar-refractivity contribution in [1.82, 2.24) is 0 Å². The Morgan fingerprint density at radius 3 is 2.46 bits per heavy atom. The van der Waals surface area contributed by atoms with Crippen LogP contribution >= 0.6 is 23.5 Å². The summed E-state index contributed by atoms with van der Waals surface area (Å²) in [5, 5.41) is 0.537. The van der Waals surface area contributed by atoms with Gasteiger partial charge in [-0.2, -0.15) is 4.99 Å². The summed E-state index contributed by atoms with van der Waals surface area (Å²) < 4.78 is 24.2. The van der Waals surface area contributed by atoms with Crippen molar-refractivity contribution in [2.45, 2.75) is 17.0 Å². The Balaban J connectivity index is 1.48. The molecular formula is C20H20N2O3S3. The Morgan fingerprint density at radius 1 is 1.07 bits per heavy atom. The number of amidine groups is 1. The topological polar surface area (TPSA) is 66.8 Å². The zero-order valence-corrected chi connectivity index (χ0v) is 17.6. The summed E-state index contributed by atoms with van der Waals surface area (Å²) in [6, 6.07) is 19.4. The number of rotatable bonds is 5. The maximum absolute atomic E-state index is 12.4. The van der Waals surface area contributed by atoms with Crippen molar-refractivity contribution in [3.8, 4) is 0 Å². The van der Waals surface area contributed by atoms with Gasteiger partial charge in [0.25, 0.3) is 5.91 Å². The summed E-state index contributed by atoms with van der Waals surface area (Å²) in [5.74, 6) is 1.12. The molecule has 5 nitrogen and oxygen atoms in total. The maximum atomic E-state index is 12.4. The third-order valence-electron chi connectivity index (χ3n) is 4.66. The lowest BCUT2D eigenvalue weighted by Crippen LogP contribution is -2.37. The third-order valence-corrected chi connectivity index (χ3v) is 8.86. The average Bonchev–Trinajstić information content (AvgIpc) is 3.14. The fourth-order valence-electron chi connectivity index (χ4n) is 3.42. The first-order valence-corrected chi connectivity index (χ1v) is 12.8. The van der Waals surface area contributed by atoms with E-state index in [2.05, 4.69) is 4.99 Å². The number of carbonyl (C=O) groups is 1. The van der Waals surface area contributed by atoms with E-state index in [1.807, 2.05) is 65.6 Å². The second kappa shape index (κ2) is 8.31. The smallest absolute Gasteiger partial charge is 0.258 e. The molecule has 2 fully saturated rings. The van der Waals surface area contributed by atoms with Gasteiger partial charge in [0.1, 0.15) is 0 Å². The van der Waals surface area contributed by atoms with Crippen LogP contribution in [-0.2, 0) is 20.4 Å². The predicted octanol–water partition coefficient (Wildman–Crippen LogP) is 3.22. The van der Waals surface area contributed by atoms with E-state index in [-0.39, 0.29) is 28.7 Å². The fourth-order valence-corrected chi connectivity index (χ4v) is 8.12. The zero-order valence-electron chi connectivity index (χ0n) is 15.1. The van der Waals surface area contributed by atoms with Crippen LogP contribution < -0.4 is 4.90 Å². The van der Waals surface area contributed by atoms with E-state index in [4.69, 9.17) is 0 Å². The van der Waals surface area contributed by atoms with E-state index >= 15 is 0 Å². The highest BCUT2D eigenvalue weighted by Crippen LogP contribution is 2.40. The first-order valence-electron chi connectivity index (χ1n) is 8.96. The summed E-state index contributed by atoms with van der Waals surface area (Å²) in [6.45, 7) is 0. The molecule has 2 saturated heterocycles. The van der Waals surface area contributed by atoms with E-state index in [0.29, 0.717) is 10.9 Å². The first-order chi connectivity index (χ1) is 13.5. The van der Waals surface area contributed by atoms with Crippen LogP contribution in [-0.4, -0.2) is 48.0 Å². The Morgan fingerprint density at radius 2 is 1.75 bits per heavy atom. The molecule has 0 bridgehead atoms. The van der Waals surface area contributed by atoms with Crippen molar-refractivity contribution < 1.29 is 13.2 Å². The van der Waals surface area contributed by atoms with Crippen molar-refractivity contribution in [3.63, 3.8) is 0 Å². The molecule has 4 rings (SSSR count). The van der Waals surface area contributed by atoms with E-state index in [9.17, 15) is 13.2 Å². The third kappa shape index (κ3) is 4.45. The highest BCUT2D eigenvalue weighted by atomic mass is 32.2. The number of carbonyl (C=O) groups excluding carboxylic acids is 1. The maximum Gasteiger partial charge on any atom is 0.258 e. The Labute approximate surface area is 173 Å². The van der Waals surface area contributed by atoms with Crippen molar-refractivity contribution >= 4 is 50.1 Å². The van der Waals surface area contributed by atoms with E-state index in [0.717, 1.165) is 11.4 Å². The summed E-state index contributed by atoms with van der Waals surface area (Å²) in [4.78, 5) is 18.7. The minimum absolute atomic E-state index is 0.0753. The number of benzene rings is 2. The Kier molecular flexibility index (Phi) is 5.80. The van der Waals surface area contributed by atoms with Crippen molar-refractivity contribution in [2.24, 2.45) is 4.99 Å². The summed E-state index contributed by atoms with van der Waals surface area (Å²) >= 11 is 2.95. The summed E-state index contributed by atoms with van der Waals surface area (Å²) in [7, 11) is -3.05. The minimum Gasteiger partial charge on any atom is -0.316 e. The van der Waals surface area contributed by atoms with Crippen LogP contribution in [0.5, 0.6) is 0 Å². The normalized spacial score (nSPS) is 24.4. The van der Waals surface area contributed by atoms with Crippen LogP contribution in [0.25, 0.3) is 0 Å². The van der Waals surface area contributed by atoms with Gasteiger partial charge in [-0.05, 0) is 17.7 Å². The number of amides is 1. The van der Waals surface area contributed by atoms with Crippen LogP contribution in [0, 0.1) is 0 Å². The molecule has 0 saturated carbocycles. The van der Waals surface area contributed by atoms with E-state index < -0.39 is 9.84 Å². The molecule has 0 radical (unpaired) electrons. The van der Waals surface area contributed by atoms with Gasteiger partial charge in [0.15, 0.2) is 15.0 Å². The van der Waals surface area contributed by atoms with Gasteiger partial charge in [0.05, 0.1) is 23.3 Å². The van der Waals surface area contributed by atoms with Crippen molar-refractivity contribution in [1.29, 1.82) is 0 Å². The highest BCUT2D eigenvalue weighted by molar-refractivity contribution is 8.16. The molecule has 8 heteroatoms. The molecule has 2 aromatic rings. The largest absolute Gasteiger partial charge is 0.316 e. The van der Waals surface area contributed by atoms with Crippen LogP contribution in [0.2, 0.25) is 0 Å². The number of hydrogen-bond donors (Lipinski definition) is 0. The second-order valence-electron chi connectivity index (χ2n) is 6.77. The quantitative estimate of drug-likeness (QED) is 0.723. The van der Waals surface area contributed by atoms with Gasteiger partial charge in [-0.25, -0.2) is 8.42 Å². The molecule has 146 valence electrons. The number of sulfone groups is 1. The van der Waals surface area contributed by atoms with Crippen LogP contribution in [0.4, 0.5) is 5.69 Å². The standard InChI is InChI=1S/C20H20N2O3S3/c23-19(12-26-11-15-7-3-1-4-8-15)21-20-22(16-9-5-2-6-10-16)17-13-28(24,25)14-18(17)27-20/h1-10,17-18H,11-14H2/t17-,18+/m1/s1. The molecule has 0 aliphatic carbocycles. The lowest BCUT2D eigenvalue weighted by atomic mass is 10.2. The number of nitrogens with zero attached hydrogens (tertiary/aromatic N) is 2. The SMILES string of the molecule is O=C(CSCc1ccccc1)N=C1S[C@H]2CS(=O)(=O)C[C@H]2N1c1ccccc1. The molecule has 0 unspecified atom stereocenters. The van der Waals surface area contributed by atoms with Gasteiger partial charge in [0, 0.05) is 16.7 Å². The molecule has 28 heavy (non-hydrogen) atoms. The van der Waals surface area contributed by atoms with Gasteiger partial charge >= 0.3 is 0 Å². The Hall–Kier alpha value is -1.77. The van der Waals surface area contributed by atoms with Gasteiger partial charge in [-0.15, -0.1) is 11.8 Å². The number of fused-ring (bicyclic) bond motifs is 1. The lowest BCUT2D eigenvalue weighted by Gasteiger charge is -2.24. The Bertz CT molecular complexity index is 978. The fraction of sp³-hybridized carbons (Fsp3) is 0.300. The van der Waals surface area contributed by atoms with Crippen molar-refractivity contribution in [2.75, 3.05) is 22.2 Å². The molecule has 1 amide bonds. The first kappa shape index (κ1) is 19.5. The minimum atomic E-state index is -3.05. The zero-order chi connectivity index (χ0) is 19.6. The van der Waals surface area contributed by atoms with Crippen LogP contribution in [0.15, 0.2) is 65.7 Å². The van der Waals surface area contributed by atoms with Gasteiger partial charge in [0.2, 0.25) is 0 Å². The molecule has 2 atom stereocenters. The molecule has 0 aromatic heterocycles. The number of anilines is 1. The molecule has 0 spiro atoms. The lowest BCUT2D eigenvalue weighted by molar-refractivity contribution is -0.115.